The van der Waals surface area contributed by atoms with Gasteiger partial charge in [0, 0.05) is 13.8 Å². The molecule has 2 rings (SSSR count). The summed E-state index contributed by atoms with van der Waals surface area (Å²) in [6.45, 7) is 9.68. The Morgan fingerprint density at radius 2 is 2.07 bits per heavy atom. The summed E-state index contributed by atoms with van der Waals surface area (Å²) in [5.41, 5.74) is -0.208. The molecule has 2 heterocycles. The monoisotopic (exact) mass is 196 g/mol. The van der Waals surface area contributed by atoms with Crippen molar-refractivity contribution in [1.82, 2.24) is 0 Å². The number of ether oxygens (including phenoxy) is 2. The van der Waals surface area contributed by atoms with E-state index in [0.717, 1.165) is 19.6 Å². The van der Waals surface area contributed by atoms with Gasteiger partial charge in [-0.15, -0.1) is 19.4 Å². The van der Waals surface area contributed by atoms with Crippen LogP contribution in [0.5, 0.6) is 0 Å². The van der Waals surface area contributed by atoms with E-state index in [1.54, 1.807) is 0 Å². The van der Waals surface area contributed by atoms with Crippen LogP contribution >= 0.6 is 0 Å². The first-order valence-electron chi connectivity index (χ1n) is 4.86. The summed E-state index contributed by atoms with van der Waals surface area (Å²) >= 11 is 0. The molecule has 0 spiro atoms. The van der Waals surface area contributed by atoms with E-state index in [-0.39, 0.29) is 12.6 Å². The quantitative estimate of drug-likeness (QED) is 0.473. The SMILES string of the molecule is C#C.C=C[C@H]1CO[C@]2(C)CCO[C@]12C.[HH]. The van der Waals surface area contributed by atoms with Crippen LogP contribution in [0.2, 0.25) is 0 Å². The molecule has 0 radical (unpaired) electrons. The molecule has 0 N–H and O–H groups in total. The van der Waals surface area contributed by atoms with Crippen molar-refractivity contribution < 1.29 is 10.9 Å². The van der Waals surface area contributed by atoms with Crippen LogP contribution in [0.15, 0.2) is 12.7 Å². The molecule has 0 aliphatic carbocycles. The number of hydrogen-bond acceptors (Lipinski definition) is 2. The largest absolute Gasteiger partial charge is 0.371 e. The average Bonchev–Trinajstić information content (AvgIpc) is 2.59. The van der Waals surface area contributed by atoms with E-state index in [0.29, 0.717) is 5.92 Å². The molecule has 3 atom stereocenters. The summed E-state index contributed by atoms with van der Waals surface area (Å²) in [6.07, 6.45) is 11.0. The van der Waals surface area contributed by atoms with Crippen LogP contribution in [-0.4, -0.2) is 24.4 Å². The van der Waals surface area contributed by atoms with Gasteiger partial charge in [-0.3, -0.25) is 0 Å². The Morgan fingerprint density at radius 3 is 2.64 bits per heavy atom. The first-order valence-corrected chi connectivity index (χ1v) is 4.86. The molecule has 0 aromatic heterocycles. The maximum atomic E-state index is 5.77. The lowest BCUT2D eigenvalue weighted by Crippen LogP contribution is -2.45. The van der Waals surface area contributed by atoms with E-state index in [4.69, 9.17) is 9.47 Å². The van der Waals surface area contributed by atoms with Crippen LogP contribution in [0.1, 0.15) is 21.7 Å². The van der Waals surface area contributed by atoms with Crippen molar-refractivity contribution in [3.8, 4) is 12.8 Å². The Bertz CT molecular complexity index is 251. The Balaban J connectivity index is 0.000000617. The molecule has 2 aliphatic rings. The third-order valence-electron chi connectivity index (χ3n) is 3.60. The molecule has 0 saturated carbocycles. The summed E-state index contributed by atoms with van der Waals surface area (Å²) in [7, 11) is 0. The molecule has 0 amide bonds. The van der Waals surface area contributed by atoms with Crippen LogP contribution < -0.4 is 0 Å². The number of fused-ring (bicyclic) bond motifs is 1. The number of rotatable bonds is 1. The van der Waals surface area contributed by atoms with Gasteiger partial charge < -0.3 is 9.47 Å². The molecule has 2 heteroatoms. The molecule has 14 heavy (non-hydrogen) atoms. The molecule has 2 saturated heterocycles. The minimum atomic E-state index is -0.130. The predicted octanol–water partition coefficient (Wildman–Crippen LogP) is 2.25. The average molecular weight is 196 g/mol. The van der Waals surface area contributed by atoms with Gasteiger partial charge in [0.1, 0.15) is 5.60 Å². The van der Waals surface area contributed by atoms with Crippen LogP contribution in [0, 0.1) is 18.8 Å². The third-order valence-corrected chi connectivity index (χ3v) is 3.60. The first kappa shape index (κ1) is 11.3. The van der Waals surface area contributed by atoms with E-state index in [9.17, 15) is 0 Å². The molecular weight excluding hydrogens is 176 g/mol. The maximum absolute atomic E-state index is 5.77. The second-order valence-electron chi connectivity index (χ2n) is 4.09. The van der Waals surface area contributed by atoms with E-state index in [1.165, 1.54) is 0 Å². The highest BCUT2D eigenvalue weighted by molar-refractivity contribution is 5.13. The normalized spacial score (nSPS) is 45.0. The molecule has 2 nitrogen and oxygen atoms in total. The van der Waals surface area contributed by atoms with E-state index >= 15 is 0 Å². The zero-order chi connectivity index (χ0) is 10.8. The van der Waals surface area contributed by atoms with Crippen molar-refractivity contribution in [2.75, 3.05) is 13.2 Å². The summed E-state index contributed by atoms with van der Waals surface area (Å²) in [5.74, 6) is 0.352. The molecule has 2 fully saturated rings. The molecular formula is C12H20O2. The van der Waals surface area contributed by atoms with Gasteiger partial charge >= 0.3 is 0 Å². The van der Waals surface area contributed by atoms with Crippen molar-refractivity contribution in [2.24, 2.45) is 5.92 Å². The van der Waals surface area contributed by atoms with Gasteiger partial charge in [0.05, 0.1) is 18.8 Å². The zero-order valence-corrected chi connectivity index (χ0v) is 8.95. The van der Waals surface area contributed by atoms with Crippen molar-refractivity contribution >= 4 is 0 Å². The first-order chi connectivity index (χ1) is 6.62. The fourth-order valence-corrected chi connectivity index (χ4v) is 2.30. The van der Waals surface area contributed by atoms with Crippen LogP contribution in [-0.2, 0) is 9.47 Å². The Morgan fingerprint density at radius 1 is 1.43 bits per heavy atom. The van der Waals surface area contributed by atoms with Crippen LogP contribution in [0.3, 0.4) is 0 Å². The Kier molecular flexibility index (Phi) is 3.04. The highest BCUT2D eigenvalue weighted by Gasteiger charge is 2.59. The number of terminal acetylenes is 1. The minimum Gasteiger partial charge on any atom is -0.371 e. The fraction of sp³-hybridized carbons (Fsp3) is 0.667. The van der Waals surface area contributed by atoms with Gasteiger partial charge in [-0.1, -0.05) is 6.08 Å². The lowest BCUT2D eigenvalue weighted by atomic mass is 9.79. The summed E-state index contributed by atoms with van der Waals surface area (Å²) in [4.78, 5) is 0. The predicted molar refractivity (Wildman–Crippen MR) is 59.0 cm³/mol. The van der Waals surface area contributed by atoms with Gasteiger partial charge in [-0.25, -0.2) is 0 Å². The summed E-state index contributed by atoms with van der Waals surface area (Å²) in [5, 5.41) is 0. The van der Waals surface area contributed by atoms with Gasteiger partial charge in [0.2, 0.25) is 0 Å². The van der Waals surface area contributed by atoms with Crippen LogP contribution in [0.25, 0.3) is 0 Å². The zero-order valence-electron chi connectivity index (χ0n) is 8.95. The van der Waals surface area contributed by atoms with Crippen LogP contribution in [0.4, 0.5) is 0 Å². The van der Waals surface area contributed by atoms with Crippen molar-refractivity contribution in [1.29, 1.82) is 0 Å². The molecule has 0 bridgehead atoms. The topological polar surface area (TPSA) is 18.5 Å². The Hall–Kier alpha value is -0.780. The van der Waals surface area contributed by atoms with Gasteiger partial charge in [-0.05, 0) is 13.8 Å². The highest BCUT2D eigenvalue weighted by atomic mass is 16.6. The van der Waals surface area contributed by atoms with Gasteiger partial charge in [0.15, 0.2) is 0 Å². The van der Waals surface area contributed by atoms with Gasteiger partial charge in [0.25, 0.3) is 0 Å². The summed E-state index contributed by atoms with van der Waals surface area (Å²) < 4.78 is 11.5. The minimum absolute atomic E-state index is 0. The lowest BCUT2D eigenvalue weighted by Gasteiger charge is -2.33. The number of hydrogen-bond donors (Lipinski definition) is 0. The van der Waals surface area contributed by atoms with E-state index in [2.05, 4.69) is 33.3 Å². The highest BCUT2D eigenvalue weighted by Crippen LogP contribution is 2.49. The lowest BCUT2D eigenvalue weighted by molar-refractivity contribution is -0.0709. The van der Waals surface area contributed by atoms with E-state index in [1.807, 2.05) is 6.08 Å². The van der Waals surface area contributed by atoms with Crippen molar-refractivity contribution in [3.05, 3.63) is 12.7 Å². The summed E-state index contributed by atoms with van der Waals surface area (Å²) in [6, 6.07) is 0. The van der Waals surface area contributed by atoms with Crippen molar-refractivity contribution in [2.45, 2.75) is 31.5 Å². The standard InChI is InChI=1S/C10H16O2.C2H2.H2/c1-4-8-7-12-9(2)5-6-11-10(8,9)3;1-2;/h4,8H,1,5-7H2,2-3H3;1-2H;1H/t8-,9+,10+;;/m0../s1. The second-order valence-corrected chi connectivity index (χ2v) is 4.09. The molecule has 0 unspecified atom stereocenters. The molecule has 80 valence electrons. The van der Waals surface area contributed by atoms with Gasteiger partial charge in [-0.2, -0.15) is 0 Å². The molecule has 0 aromatic carbocycles. The van der Waals surface area contributed by atoms with Crippen molar-refractivity contribution in [3.63, 3.8) is 0 Å². The molecule has 2 aliphatic heterocycles. The van der Waals surface area contributed by atoms with E-state index < -0.39 is 0 Å². The Labute approximate surface area is 87.8 Å². The molecule has 0 aromatic rings. The maximum Gasteiger partial charge on any atom is 0.102 e. The smallest absolute Gasteiger partial charge is 0.102 e. The second kappa shape index (κ2) is 3.76. The fourth-order valence-electron chi connectivity index (χ4n) is 2.30. The third kappa shape index (κ3) is 1.28.